The Morgan fingerprint density at radius 3 is 2.29 bits per heavy atom. The Hall–Kier alpha value is -2.49. The van der Waals surface area contributed by atoms with E-state index in [4.69, 9.17) is 5.73 Å². The zero-order valence-corrected chi connectivity index (χ0v) is 9.08. The number of hydrogen-bond acceptors (Lipinski definition) is 3. The summed E-state index contributed by atoms with van der Waals surface area (Å²) in [7, 11) is 0. The summed E-state index contributed by atoms with van der Waals surface area (Å²) < 4.78 is 0. The second-order valence-electron chi connectivity index (χ2n) is 3.41. The molecule has 0 atom stereocenters. The Balaban J connectivity index is 2.44. The SMILES string of the molecule is NC(=O)C(=Cc1ccccc1)c1ncccn1. The summed E-state index contributed by atoms with van der Waals surface area (Å²) >= 11 is 0. The van der Waals surface area contributed by atoms with Crippen molar-refractivity contribution in [1.82, 2.24) is 9.97 Å². The fraction of sp³-hybridized carbons (Fsp3) is 0. The van der Waals surface area contributed by atoms with Crippen LogP contribution in [0.2, 0.25) is 0 Å². The average molecular weight is 225 g/mol. The van der Waals surface area contributed by atoms with Gasteiger partial charge in [-0.25, -0.2) is 9.97 Å². The second-order valence-corrected chi connectivity index (χ2v) is 3.41. The van der Waals surface area contributed by atoms with Crippen molar-refractivity contribution < 1.29 is 4.79 Å². The van der Waals surface area contributed by atoms with Crippen molar-refractivity contribution in [2.45, 2.75) is 0 Å². The average Bonchev–Trinajstić information content (AvgIpc) is 2.38. The van der Waals surface area contributed by atoms with Gasteiger partial charge in [-0.2, -0.15) is 0 Å². The van der Waals surface area contributed by atoms with Crippen LogP contribution in [0.4, 0.5) is 0 Å². The van der Waals surface area contributed by atoms with Crippen LogP contribution in [0.3, 0.4) is 0 Å². The first-order valence-corrected chi connectivity index (χ1v) is 5.11. The molecular weight excluding hydrogens is 214 g/mol. The van der Waals surface area contributed by atoms with Crippen LogP contribution in [0, 0.1) is 0 Å². The number of rotatable bonds is 3. The quantitative estimate of drug-likeness (QED) is 0.805. The Kier molecular flexibility index (Phi) is 3.25. The summed E-state index contributed by atoms with van der Waals surface area (Å²) in [5.41, 5.74) is 6.52. The van der Waals surface area contributed by atoms with E-state index in [1.807, 2.05) is 30.3 Å². The first-order chi connectivity index (χ1) is 8.27. The van der Waals surface area contributed by atoms with Crippen LogP contribution in [-0.4, -0.2) is 15.9 Å². The molecule has 0 fully saturated rings. The highest BCUT2D eigenvalue weighted by Gasteiger charge is 2.10. The van der Waals surface area contributed by atoms with Gasteiger partial charge < -0.3 is 5.73 Å². The van der Waals surface area contributed by atoms with Crippen LogP contribution in [0.1, 0.15) is 11.4 Å². The van der Waals surface area contributed by atoms with Gasteiger partial charge in [0.05, 0.1) is 5.57 Å². The van der Waals surface area contributed by atoms with E-state index in [1.165, 1.54) is 0 Å². The first kappa shape index (κ1) is 11.0. The van der Waals surface area contributed by atoms with Gasteiger partial charge in [-0.3, -0.25) is 4.79 Å². The van der Waals surface area contributed by atoms with Crippen LogP contribution in [0.25, 0.3) is 11.6 Å². The maximum Gasteiger partial charge on any atom is 0.252 e. The molecule has 1 amide bonds. The molecule has 0 saturated carbocycles. The lowest BCUT2D eigenvalue weighted by Gasteiger charge is -2.01. The summed E-state index contributed by atoms with van der Waals surface area (Å²) in [5.74, 6) is -0.205. The van der Waals surface area contributed by atoms with Crippen LogP contribution in [0.15, 0.2) is 48.8 Å². The van der Waals surface area contributed by atoms with E-state index in [0.717, 1.165) is 5.56 Å². The molecule has 0 radical (unpaired) electrons. The van der Waals surface area contributed by atoms with Gasteiger partial charge in [0.1, 0.15) is 0 Å². The highest BCUT2D eigenvalue weighted by atomic mass is 16.1. The predicted molar refractivity (Wildman–Crippen MR) is 65.5 cm³/mol. The topological polar surface area (TPSA) is 68.9 Å². The summed E-state index contributed by atoms with van der Waals surface area (Å²) in [6.45, 7) is 0. The molecule has 17 heavy (non-hydrogen) atoms. The van der Waals surface area contributed by atoms with E-state index in [0.29, 0.717) is 11.4 Å². The van der Waals surface area contributed by atoms with Crippen molar-refractivity contribution in [2.24, 2.45) is 5.73 Å². The number of primary amides is 1. The molecule has 0 aliphatic carbocycles. The zero-order valence-electron chi connectivity index (χ0n) is 9.08. The van der Waals surface area contributed by atoms with Crippen molar-refractivity contribution in [3.63, 3.8) is 0 Å². The van der Waals surface area contributed by atoms with Crippen molar-refractivity contribution in [2.75, 3.05) is 0 Å². The largest absolute Gasteiger partial charge is 0.365 e. The van der Waals surface area contributed by atoms with E-state index in [2.05, 4.69) is 9.97 Å². The Morgan fingerprint density at radius 1 is 1.06 bits per heavy atom. The van der Waals surface area contributed by atoms with Gasteiger partial charge in [-0.15, -0.1) is 0 Å². The molecular formula is C13H11N3O. The van der Waals surface area contributed by atoms with Crippen LogP contribution in [0.5, 0.6) is 0 Å². The van der Waals surface area contributed by atoms with Gasteiger partial charge in [-0.1, -0.05) is 30.3 Å². The molecule has 0 bridgehead atoms. The number of nitrogens with two attached hydrogens (primary N) is 1. The third-order valence-electron chi connectivity index (χ3n) is 2.18. The number of carbonyl (C=O) groups is 1. The Morgan fingerprint density at radius 2 is 1.71 bits per heavy atom. The van der Waals surface area contributed by atoms with Gasteiger partial charge in [-0.05, 0) is 17.7 Å². The lowest BCUT2D eigenvalue weighted by Crippen LogP contribution is -2.14. The molecule has 4 nitrogen and oxygen atoms in total. The number of amides is 1. The number of benzene rings is 1. The Labute approximate surface area is 98.8 Å². The molecule has 84 valence electrons. The van der Waals surface area contributed by atoms with E-state index in [9.17, 15) is 4.79 Å². The first-order valence-electron chi connectivity index (χ1n) is 5.11. The molecule has 0 unspecified atom stereocenters. The molecule has 1 aromatic carbocycles. The minimum atomic E-state index is -0.542. The van der Waals surface area contributed by atoms with Gasteiger partial charge >= 0.3 is 0 Å². The van der Waals surface area contributed by atoms with Crippen LogP contribution < -0.4 is 5.73 Å². The molecule has 1 heterocycles. The monoisotopic (exact) mass is 225 g/mol. The maximum atomic E-state index is 11.4. The minimum absolute atomic E-state index is 0.303. The molecule has 4 heteroatoms. The molecule has 0 saturated heterocycles. The predicted octanol–water partition coefficient (Wildman–Crippen LogP) is 1.50. The van der Waals surface area contributed by atoms with Gasteiger partial charge in [0.2, 0.25) is 0 Å². The van der Waals surface area contributed by atoms with Gasteiger partial charge in [0, 0.05) is 12.4 Å². The lowest BCUT2D eigenvalue weighted by molar-refractivity contribution is -0.112. The third kappa shape index (κ3) is 2.75. The molecule has 2 aromatic rings. The van der Waals surface area contributed by atoms with E-state index in [-0.39, 0.29) is 0 Å². The van der Waals surface area contributed by atoms with Crippen LogP contribution in [-0.2, 0) is 4.79 Å². The van der Waals surface area contributed by atoms with E-state index >= 15 is 0 Å². The summed E-state index contributed by atoms with van der Waals surface area (Å²) in [4.78, 5) is 19.4. The molecule has 1 aromatic heterocycles. The van der Waals surface area contributed by atoms with Gasteiger partial charge in [0.25, 0.3) is 5.91 Å². The van der Waals surface area contributed by atoms with Crippen molar-refractivity contribution in [3.05, 3.63) is 60.2 Å². The number of hydrogen-bond donors (Lipinski definition) is 1. The van der Waals surface area contributed by atoms with Crippen molar-refractivity contribution in [3.8, 4) is 0 Å². The van der Waals surface area contributed by atoms with E-state index in [1.54, 1.807) is 24.5 Å². The summed E-state index contributed by atoms with van der Waals surface area (Å²) in [5, 5.41) is 0. The minimum Gasteiger partial charge on any atom is -0.365 e. The summed E-state index contributed by atoms with van der Waals surface area (Å²) in [6.07, 6.45) is 4.83. The normalized spacial score (nSPS) is 11.2. The number of carbonyl (C=O) groups excluding carboxylic acids is 1. The molecule has 0 spiro atoms. The standard InChI is InChI=1S/C13H11N3O/c14-12(17)11(13-15-7-4-8-16-13)9-10-5-2-1-3-6-10/h1-9H,(H2,14,17). The zero-order chi connectivity index (χ0) is 12.1. The fourth-order valence-electron chi connectivity index (χ4n) is 1.40. The van der Waals surface area contributed by atoms with Crippen LogP contribution >= 0.6 is 0 Å². The Bertz CT molecular complexity index is 535. The van der Waals surface area contributed by atoms with E-state index < -0.39 is 5.91 Å². The van der Waals surface area contributed by atoms with Crippen molar-refractivity contribution >= 4 is 17.6 Å². The van der Waals surface area contributed by atoms with Gasteiger partial charge in [0.15, 0.2) is 5.82 Å². The smallest absolute Gasteiger partial charge is 0.252 e. The third-order valence-corrected chi connectivity index (χ3v) is 2.18. The molecule has 0 aliphatic rings. The lowest BCUT2D eigenvalue weighted by atomic mass is 10.1. The molecule has 0 aliphatic heterocycles. The maximum absolute atomic E-state index is 11.4. The highest BCUT2D eigenvalue weighted by molar-refractivity contribution is 6.22. The number of aromatic nitrogens is 2. The summed E-state index contributed by atoms with van der Waals surface area (Å²) in [6, 6.07) is 11.1. The number of nitrogens with zero attached hydrogens (tertiary/aromatic N) is 2. The fourth-order valence-corrected chi connectivity index (χ4v) is 1.40. The second kappa shape index (κ2) is 5.03. The highest BCUT2D eigenvalue weighted by Crippen LogP contribution is 2.13. The molecule has 2 N–H and O–H groups in total. The van der Waals surface area contributed by atoms with Crippen molar-refractivity contribution in [1.29, 1.82) is 0 Å². The molecule has 2 rings (SSSR count).